The number of fused-ring (bicyclic) bond motifs is 1. The van der Waals surface area contributed by atoms with Gasteiger partial charge in [-0.15, -0.1) is 0 Å². The van der Waals surface area contributed by atoms with Crippen LogP contribution in [0.25, 0.3) is 0 Å². The summed E-state index contributed by atoms with van der Waals surface area (Å²) in [6, 6.07) is 18.6. The maximum absolute atomic E-state index is 14.1. The van der Waals surface area contributed by atoms with Crippen molar-refractivity contribution in [2.45, 2.75) is 62.2 Å². The molecule has 1 heterocycles. The minimum atomic E-state index is -4.44. The second-order valence-electron chi connectivity index (χ2n) is 11.8. The van der Waals surface area contributed by atoms with Crippen LogP contribution >= 0.6 is 11.6 Å². The van der Waals surface area contributed by atoms with Gasteiger partial charge in [-0.2, -0.15) is 13.2 Å². The maximum Gasteiger partial charge on any atom is 0.416 e. The fourth-order valence-corrected chi connectivity index (χ4v) is 7.60. The molecule has 1 amide bonds. The first-order valence-electron chi connectivity index (χ1n) is 14.8. The molecule has 0 radical (unpaired) electrons. The van der Waals surface area contributed by atoms with E-state index in [1.54, 1.807) is 4.90 Å². The Morgan fingerprint density at radius 3 is 2.50 bits per heavy atom. The van der Waals surface area contributed by atoms with Crippen LogP contribution in [0.2, 0.25) is 5.02 Å². The quantitative estimate of drug-likeness (QED) is 0.193. The zero-order valence-corrected chi connectivity index (χ0v) is 26.3. The molecule has 1 aromatic heterocycles. The molecule has 240 valence electrons. The van der Waals surface area contributed by atoms with Crippen LogP contribution in [0.5, 0.6) is 0 Å². The zero-order valence-electron chi connectivity index (χ0n) is 24.7. The van der Waals surface area contributed by atoms with Crippen LogP contribution in [-0.4, -0.2) is 19.3 Å². The molecule has 0 bridgehead atoms. The van der Waals surface area contributed by atoms with Gasteiger partial charge in [0, 0.05) is 23.3 Å². The van der Waals surface area contributed by atoms with Crippen molar-refractivity contribution in [2.75, 3.05) is 4.90 Å². The Hall–Kier alpha value is -3.80. The van der Waals surface area contributed by atoms with Crippen molar-refractivity contribution in [2.24, 2.45) is 5.92 Å². The fraction of sp³-hybridized carbons (Fsp3) is 0.294. The Morgan fingerprint density at radius 1 is 1.04 bits per heavy atom. The highest BCUT2D eigenvalue weighted by atomic mass is 35.5. The van der Waals surface area contributed by atoms with E-state index in [0.29, 0.717) is 29.8 Å². The van der Waals surface area contributed by atoms with Crippen molar-refractivity contribution in [3.8, 4) is 0 Å². The predicted molar refractivity (Wildman–Crippen MR) is 166 cm³/mol. The van der Waals surface area contributed by atoms with Crippen LogP contribution in [-0.2, 0) is 34.0 Å². The average molecular weight is 672 g/mol. The van der Waals surface area contributed by atoms with Crippen LogP contribution in [0.1, 0.15) is 64.9 Å². The van der Waals surface area contributed by atoms with E-state index in [4.69, 9.17) is 11.6 Å². The lowest BCUT2D eigenvalue weighted by molar-refractivity contribution is -0.137. The Kier molecular flexibility index (Phi) is 8.69. The number of alkyl halides is 3. The predicted octanol–water partition coefficient (Wildman–Crippen LogP) is 7.89. The SMILES string of the molecule is Cc1cccc(CN(C(=O)[C@@H]2C[C@H]2c2ccc(C(F)(F)F)cc2)c2ccc3c(c2)[C@@H](NS(=O)(=O)c2ccc(F)c(Cl)c2)CCC3)n1. The molecule has 1 N–H and O–H groups in total. The van der Waals surface area contributed by atoms with Crippen LogP contribution < -0.4 is 9.62 Å². The number of sulfonamides is 1. The van der Waals surface area contributed by atoms with Gasteiger partial charge in [0.25, 0.3) is 0 Å². The number of pyridine rings is 1. The Balaban J connectivity index is 1.30. The van der Waals surface area contributed by atoms with Crippen LogP contribution in [0.3, 0.4) is 0 Å². The van der Waals surface area contributed by atoms with Gasteiger partial charge in [0.2, 0.25) is 15.9 Å². The lowest BCUT2D eigenvalue weighted by Gasteiger charge is -2.29. The summed E-state index contributed by atoms with van der Waals surface area (Å²) in [7, 11) is -4.06. The number of carbonyl (C=O) groups excluding carboxylic acids is 1. The van der Waals surface area contributed by atoms with Crippen molar-refractivity contribution in [3.05, 3.63) is 123 Å². The number of anilines is 1. The standard InChI is InChI=1S/C34H30ClF4N3O3S/c1-20-4-2-6-24(40-20)19-42(33(43)29-18-27(29)22-8-11-23(12-9-22)34(37,38)39)25-13-10-21-5-3-7-32(28(21)16-25)41-46(44,45)26-14-15-31(36)30(35)17-26/h2,4,6,8-17,27,29,32,41H,3,5,7,18-19H2,1H3/t27-,29+,32-/m0/s1. The molecule has 4 aromatic rings. The normalized spacial score (nSPS) is 19.4. The second kappa shape index (κ2) is 12.4. The van der Waals surface area contributed by atoms with Crippen molar-refractivity contribution in [1.29, 1.82) is 0 Å². The first-order chi connectivity index (χ1) is 21.8. The van der Waals surface area contributed by atoms with Crippen molar-refractivity contribution < 1.29 is 30.8 Å². The van der Waals surface area contributed by atoms with E-state index in [-0.39, 0.29) is 28.3 Å². The zero-order chi connectivity index (χ0) is 32.8. The van der Waals surface area contributed by atoms with E-state index in [1.807, 2.05) is 43.3 Å². The molecule has 1 saturated carbocycles. The molecule has 3 aromatic carbocycles. The monoisotopic (exact) mass is 671 g/mol. The molecule has 0 aliphatic heterocycles. The largest absolute Gasteiger partial charge is 0.416 e. The summed E-state index contributed by atoms with van der Waals surface area (Å²) in [4.78, 5) is 20.1. The molecule has 6 rings (SSSR count). The number of carbonyl (C=O) groups is 1. The van der Waals surface area contributed by atoms with Gasteiger partial charge in [-0.3, -0.25) is 9.78 Å². The third-order valence-corrected chi connectivity index (χ3v) is 10.3. The van der Waals surface area contributed by atoms with Gasteiger partial charge >= 0.3 is 6.18 Å². The fourth-order valence-electron chi connectivity index (χ4n) is 6.08. The number of hydrogen-bond acceptors (Lipinski definition) is 4. The number of benzene rings is 3. The minimum Gasteiger partial charge on any atom is -0.306 e. The van der Waals surface area contributed by atoms with Crippen molar-refractivity contribution in [1.82, 2.24) is 9.71 Å². The van der Waals surface area contributed by atoms with Crippen LogP contribution in [0, 0.1) is 18.7 Å². The number of aromatic nitrogens is 1. The average Bonchev–Trinajstić information content (AvgIpc) is 3.82. The van der Waals surface area contributed by atoms with Crippen LogP contribution in [0.15, 0.2) is 83.8 Å². The molecular weight excluding hydrogens is 642 g/mol. The molecule has 2 aliphatic carbocycles. The summed E-state index contributed by atoms with van der Waals surface area (Å²) >= 11 is 5.86. The lowest BCUT2D eigenvalue weighted by atomic mass is 9.87. The highest BCUT2D eigenvalue weighted by Gasteiger charge is 2.46. The number of nitrogens with one attached hydrogen (secondary N) is 1. The molecule has 6 nitrogen and oxygen atoms in total. The van der Waals surface area contributed by atoms with Crippen LogP contribution in [0.4, 0.5) is 23.2 Å². The summed E-state index contributed by atoms with van der Waals surface area (Å²) in [6.07, 6.45) is -1.98. The number of rotatable bonds is 8. The van der Waals surface area contributed by atoms with Gasteiger partial charge in [-0.05, 0) is 110 Å². The van der Waals surface area contributed by atoms with E-state index in [2.05, 4.69) is 9.71 Å². The number of aryl methyl sites for hydroxylation is 2. The van der Waals surface area contributed by atoms with Gasteiger partial charge < -0.3 is 4.90 Å². The Bertz CT molecular complexity index is 1900. The van der Waals surface area contributed by atoms with E-state index in [1.165, 1.54) is 12.1 Å². The second-order valence-corrected chi connectivity index (χ2v) is 13.9. The molecule has 1 fully saturated rings. The molecule has 0 saturated heterocycles. The highest BCUT2D eigenvalue weighted by molar-refractivity contribution is 7.89. The Morgan fingerprint density at radius 2 is 1.80 bits per heavy atom. The molecule has 0 spiro atoms. The molecule has 3 atom stereocenters. The van der Waals surface area contributed by atoms with Gasteiger partial charge in [0.1, 0.15) is 5.82 Å². The van der Waals surface area contributed by atoms with Gasteiger partial charge in [-0.1, -0.05) is 35.9 Å². The summed E-state index contributed by atoms with van der Waals surface area (Å²) in [5.41, 5.74) is 3.58. The minimum absolute atomic E-state index is 0.153. The van der Waals surface area contributed by atoms with E-state index < -0.39 is 39.5 Å². The first kappa shape index (κ1) is 32.2. The topological polar surface area (TPSA) is 79.4 Å². The highest BCUT2D eigenvalue weighted by Crippen LogP contribution is 2.49. The van der Waals surface area contributed by atoms with E-state index >= 15 is 0 Å². The third kappa shape index (κ3) is 6.82. The van der Waals surface area contributed by atoms with Gasteiger partial charge in [-0.25, -0.2) is 17.5 Å². The number of halogens is 5. The smallest absolute Gasteiger partial charge is 0.306 e. The summed E-state index contributed by atoms with van der Waals surface area (Å²) in [5, 5.41) is -0.303. The summed E-state index contributed by atoms with van der Waals surface area (Å²) in [6.45, 7) is 2.00. The van der Waals surface area contributed by atoms with Crippen molar-refractivity contribution >= 4 is 33.2 Å². The Labute approximate surface area is 269 Å². The summed E-state index contributed by atoms with van der Waals surface area (Å²) < 4.78 is 82.4. The third-order valence-electron chi connectivity index (χ3n) is 8.56. The number of amides is 1. The molecular formula is C34H30ClF4N3O3S. The lowest BCUT2D eigenvalue weighted by Crippen LogP contribution is -2.34. The number of nitrogens with zero attached hydrogens (tertiary/aromatic N) is 2. The first-order valence-corrected chi connectivity index (χ1v) is 16.7. The van der Waals surface area contributed by atoms with E-state index in [0.717, 1.165) is 60.0 Å². The van der Waals surface area contributed by atoms with Gasteiger partial charge in [0.15, 0.2) is 0 Å². The van der Waals surface area contributed by atoms with E-state index in [9.17, 15) is 30.8 Å². The summed E-state index contributed by atoms with van der Waals surface area (Å²) in [5.74, 6) is -1.57. The molecule has 0 unspecified atom stereocenters. The van der Waals surface area contributed by atoms with Gasteiger partial charge in [0.05, 0.1) is 27.7 Å². The molecule has 2 aliphatic rings. The maximum atomic E-state index is 14.1. The van der Waals surface area contributed by atoms with Crippen molar-refractivity contribution in [3.63, 3.8) is 0 Å². The molecule has 46 heavy (non-hydrogen) atoms. The molecule has 12 heteroatoms. The number of hydrogen-bond donors (Lipinski definition) is 1.